The van der Waals surface area contributed by atoms with Gasteiger partial charge in [0, 0.05) is 12.5 Å². The van der Waals surface area contributed by atoms with Gasteiger partial charge in [-0.25, -0.2) is 0 Å². The van der Waals surface area contributed by atoms with Crippen molar-refractivity contribution < 1.29 is 4.79 Å². The van der Waals surface area contributed by atoms with Crippen molar-refractivity contribution in [2.45, 2.75) is 52.0 Å². The average Bonchev–Trinajstić information content (AvgIpc) is 2.36. The SMILES string of the molecule is Cc1ccccc1CC(C)NC(=O)CC1(CN)CCC1. The summed E-state index contributed by atoms with van der Waals surface area (Å²) < 4.78 is 0. The van der Waals surface area contributed by atoms with Crippen LogP contribution in [0.1, 0.15) is 43.7 Å². The molecule has 0 bridgehead atoms. The number of nitrogens with one attached hydrogen (secondary N) is 1. The largest absolute Gasteiger partial charge is 0.353 e. The minimum atomic E-state index is 0.0897. The predicted molar refractivity (Wildman–Crippen MR) is 82.4 cm³/mol. The molecule has 2 rings (SSSR count). The lowest BCUT2D eigenvalue weighted by Crippen LogP contribution is -2.44. The first-order valence-electron chi connectivity index (χ1n) is 7.59. The minimum Gasteiger partial charge on any atom is -0.353 e. The highest BCUT2D eigenvalue weighted by Gasteiger charge is 2.37. The number of rotatable bonds is 6. The summed E-state index contributed by atoms with van der Waals surface area (Å²) in [5.74, 6) is 0.149. The van der Waals surface area contributed by atoms with E-state index >= 15 is 0 Å². The molecule has 110 valence electrons. The molecule has 1 saturated carbocycles. The zero-order valence-corrected chi connectivity index (χ0v) is 12.6. The molecule has 0 radical (unpaired) electrons. The second-order valence-corrected chi connectivity index (χ2v) is 6.33. The third kappa shape index (κ3) is 3.60. The molecule has 3 heteroatoms. The zero-order valence-electron chi connectivity index (χ0n) is 12.6. The lowest BCUT2D eigenvalue weighted by Gasteiger charge is -2.40. The van der Waals surface area contributed by atoms with Crippen LogP contribution in [0.3, 0.4) is 0 Å². The summed E-state index contributed by atoms with van der Waals surface area (Å²) in [7, 11) is 0. The second-order valence-electron chi connectivity index (χ2n) is 6.33. The lowest BCUT2D eigenvalue weighted by molar-refractivity contribution is -0.125. The van der Waals surface area contributed by atoms with Crippen LogP contribution in [0.2, 0.25) is 0 Å². The summed E-state index contributed by atoms with van der Waals surface area (Å²) in [5.41, 5.74) is 8.49. The molecule has 1 amide bonds. The molecular weight excluding hydrogens is 248 g/mol. The van der Waals surface area contributed by atoms with E-state index < -0.39 is 0 Å². The van der Waals surface area contributed by atoms with E-state index in [9.17, 15) is 4.79 Å². The highest BCUT2D eigenvalue weighted by molar-refractivity contribution is 5.77. The van der Waals surface area contributed by atoms with E-state index in [2.05, 4.69) is 37.4 Å². The van der Waals surface area contributed by atoms with Crippen LogP contribution in [0.5, 0.6) is 0 Å². The Morgan fingerprint density at radius 3 is 2.65 bits per heavy atom. The number of aryl methyl sites for hydroxylation is 1. The second kappa shape index (κ2) is 6.40. The van der Waals surface area contributed by atoms with Crippen LogP contribution in [0.4, 0.5) is 0 Å². The van der Waals surface area contributed by atoms with Crippen LogP contribution in [0.25, 0.3) is 0 Å². The number of carbonyl (C=O) groups excluding carboxylic acids is 1. The van der Waals surface area contributed by atoms with Crippen molar-refractivity contribution in [2.24, 2.45) is 11.1 Å². The maximum Gasteiger partial charge on any atom is 0.220 e. The summed E-state index contributed by atoms with van der Waals surface area (Å²) in [4.78, 5) is 12.1. The van der Waals surface area contributed by atoms with E-state index in [-0.39, 0.29) is 17.4 Å². The van der Waals surface area contributed by atoms with Crippen LogP contribution in [-0.2, 0) is 11.2 Å². The molecule has 3 N–H and O–H groups in total. The monoisotopic (exact) mass is 274 g/mol. The van der Waals surface area contributed by atoms with Gasteiger partial charge >= 0.3 is 0 Å². The molecule has 1 aromatic carbocycles. The topological polar surface area (TPSA) is 55.1 Å². The molecule has 0 heterocycles. The summed E-state index contributed by atoms with van der Waals surface area (Å²) in [6, 6.07) is 8.50. The Kier molecular flexibility index (Phi) is 4.81. The maximum absolute atomic E-state index is 12.1. The molecule has 0 saturated heterocycles. The molecule has 0 aromatic heterocycles. The zero-order chi connectivity index (χ0) is 14.6. The van der Waals surface area contributed by atoms with Crippen LogP contribution in [0.15, 0.2) is 24.3 Å². The number of carbonyl (C=O) groups is 1. The van der Waals surface area contributed by atoms with Gasteiger partial charge in [-0.2, -0.15) is 0 Å². The summed E-state index contributed by atoms with van der Waals surface area (Å²) in [6.07, 6.45) is 4.88. The minimum absolute atomic E-state index is 0.0897. The summed E-state index contributed by atoms with van der Waals surface area (Å²) >= 11 is 0. The Hall–Kier alpha value is -1.35. The van der Waals surface area contributed by atoms with Gasteiger partial charge < -0.3 is 11.1 Å². The van der Waals surface area contributed by atoms with Gasteiger partial charge in [0.1, 0.15) is 0 Å². The lowest BCUT2D eigenvalue weighted by atomic mass is 9.66. The molecule has 1 aliphatic carbocycles. The first kappa shape index (κ1) is 15.0. The molecular formula is C17H26N2O. The Labute approximate surface area is 121 Å². The van der Waals surface area contributed by atoms with E-state index in [0.29, 0.717) is 13.0 Å². The normalized spacial score (nSPS) is 18.1. The number of nitrogens with two attached hydrogens (primary N) is 1. The maximum atomic E-state index is 12.1. The molecule has 1 unspecified atom stereocenters. The fraction of sp³-hybridized carbons (Fsp3) is 0.588. The van der Waals surface area contributed by atoms with Crippen LogP contribution in [-0.4, -0.2) is 18.5 Å². The van der Waals surface area contributed by atoms with Crippen molar-refractivity contribution in [1.29, 1.82) is 0 Å². The average molecular weight is 274 g/mol. The van der Waals surface area contributed by atoms with Crippen LogP contribution < -0.4 is 11.1 Å². The Morgan fingerprint density at radius 2 is 2.10 bits per heavy atom. The molecule has 20 heavy (non-hydrogen) atoms. The van der Waals surface area contributed by atoms with Crippen molar-refractivity contribution in [3.63, 3.8) is 0 Å². The molecule has 0 spiro atoms. The van der Waals surface area contributed by atoms with Gasteiger partial charge in [0.15, 0.2) is 0 Å². The fourth-order valence-corrected chi connectivity index (χ4v) is 3.02. The highest BCUT2D eigenvalue weighted by Crippen LogP contribution is 2.42. The fourth-order valence-electron chi connectivity index (χ4n) is 3.02. The highest BCUT2D eigenvalue weighted by atomic mass is 16.1. The van der Waals surface area contributed by atoms with Crippen LogP contribution >= 0.6 is 0 Å². The van der Waals surface area contributed by atoms with Crippen molar-refractivity contribution >= 4 is 5.91 Å². The van der Waals surface area contributed by atoms with Gasteiger partial charge in [-0.1, -0.05) is 30.7 Å². The molecule has 0 aliphatic heterocycles. The van der Waals surface area contributed by atoms with E-state index in [4.69, 9.17) is 5.73 Å². The first-order valence-corrected chi connectivity index (χ1v) is 7.59. The first-order chi connectivity index (χ1) is 9.54. The summed E-state index contributed by atoms with van der Waals surface area (Å²) in [6.45, 7) is 4.81. The third-order valence-electron chi connectivity index (χ3n) is 4.58. The molecule has 1 fully saturated rings. The van der Waals surface area contributed by atoms with E-state index in [1.54, 1.807) is 0 Å². The van der Waals surface area contributed by atoms with Gasteiger partial charge in [0.25, 0.3) is 0 Å². The molecule has 1 aromatic rings. The van der Waals surface area contributed by atoms with Gasteiger partial charge in [-0.3, -0.25) is 4.79 Å². The van der Waals surface area contributed by atoms with Crippen molar-refractivity contribution in [3.05, 3.63) is 35.4 Å². The number of hydrogen-bond acceptors (Lipinski definition) is 2. The quantitative estimate of drug-likeness (QED) is 0.837. The van der Waals surface area contributed by atoms with E-state index in [1.165, 1.54) is 17.5 Å². The molecule has 1 aliphatic rings. The van der Waals surface area contributed by atoms with Gasteiger partial charge in [0.05, 0.1) is 0 Å². The van der Waals surface area contributed by atoms with Crippen molar-refractivity contribution in [1.82, 2.24) is 5.32 Å². The van der Waals surface area contributed by atoms with E-state index in [1.807, 2.05) is 6.07 Å². The standard InChI is InChI=1S/C17H26N2O/c1-13-6-3-4-7-15(13)10-14(2)19-16(20)11-17(12-18)8-5-9-17/h3-4,6-7,14H,5,8-12,18H2,1-2H3,(H,19,20). The molecule has 3 nitrogen and oxygen atoms in total. The van der Waals surface area contributed by atoms with Gasteiger partial charge in [0.2, 0.25) is 5.91 Å². The van der Waals surface area contributed by atoms with Crippen molar-refractivity contribution in [3.8, 4) is 0 Å². The number of benzene rings is 1. The number of amides is 1. The predicted octanol–water partition coefficient (Wildman–Crippen LogP) is 2.56. The van der Waals surface area contributed by atoms with Crippen molar-refractivity contribution in [2.75, 3.05) is 6.54 Å². The third-order valence-corrected chi connectivity index (χ3v) is 4.58. The van der Waals surface area contributed by atoms with E-state index in [0.717, 1.165) is 19.3 Å². The Morgan fingerprint density at radius 1 is 1.40 bits per heavy atom. The Bertz CT molecular complexity index is 460. The number of hydrogen-bond donors (Lipinski definition) is 2. The van der Waals surface area contributed by atoms with Crippen LogP contribution in [0, 0.1) is 12.3 Å². The smallest absolute Gasteiger partial charge is 0.220 e. The van der Waals surface area contributed by atoms with Gasteiger partial charge in [-0.15, -0.1) is 0 Å². The van der Waals surface area contributed by atoms with Gasteiger partial charge in [-0.05, 0) is 56.2 Å². The summed E-state index contributed by atoms with van der Waals surface area (Å²) in [5, 5.41) is 3.12. The Balaban J connectivity index is 1.84. The molecule has 1 atom stereocenters.